The van der Waals surface area contributed by atoms with Crippen LogP contribution in [0.5, 0.6) is 0 Å². The zero-order chi connectivity index (χ0) is 38.8. The summed E-state index contributed by atoms with van der Waals surface area (Å²) in [5.74, 6) is -0.831. The normalized spacial score (nSPS) is 17.5. The minimum absolute atomic E-state index is 0.0838. The Morgan fingerprint density at radius 2 is 1.55 bits per heavy atom. The van der Waals surface area contributed by atoms with E-state index in [2.05, 4.69) is 56.5 Å². The number of amides is 2. The molecule has 0 bridgehead atoms. The van der Waals surface area contributed by atoms with Gasteiger partial charge in [-0.25, -0.2) is 14.4 Å². The summed E-state index contributed by atoms with van der Waals surface area (Å²) >= 11 is 0. The highest BCUT2D eigenvalue weighted by atomic mass is 19.1. The van der Waals surface area contributed by atoms with Crippen LogP contribution < -0.4 is 10.6 Å². The topological polar surface area (TPSA) is 132 Å². The molecule has 286 valence electrons. The second kappa shape index (κ2) is 16.1. The molecule has 0 saturated carbocycles. The van der Waals surface area contributed by atoms with Crippen LogP contribution in [0.15, 0.2) is 91.5 Å². The average Bonchev–Trinajstić information content (AvgIpc) is 3.64. The van der Waals surface area contributed by atoms with E-state index in [1.807, 2.05) is 60.6 Å². The van der Waals surface area contributed by atoms with Gasteiger partial charge in [-0.2, -0.15) is 0 Å². The Hall–Kier alpha value is -5.85. The lowest BCUT2D eigenvalue weighted by molar-refractivity contribution is 0.0549. The van der Waals surface area contributed by atoms with Gasteiger partial charge in [0.05, 0.1) is 29.2 Å². The number of halogens is 1. The monoisotopic (exact) mass is 751 g/mol. The molecule has 2 aliphatic rings. The number of benzene rings is 2. The van der Waals surface area contributed by atoms with Crippen molar-refractivity contribution in [3.8, 4) is 11.3 Å². The van der Waals surface area contributed by atoms with Crippen LogP contribution in [0.1, 0.15) is 86.7 Å². The molecule has 6 aromatic rings. The number of likely N-dealkylation sites (tertiary alicyclic amines) is 2. The third-order valence-corrected chi connectivity index (χ3v) is 11.3. The number of rotatable bonds is 11. The van der Waals surface area contributed by atoms with Crippen molar-refractivity contribution in [1.82, 2.24) is 40.0 Å². The zero-order valence-electron chi connectivity index (χ0n) is 31.9. The lowest BCUT2D eigenvalue weighted by Crippen LogP contribution is -2.60. The number of carbonyl (C=O) groups excluding carboxylic acids is 2. The van der Waals surface area contributed by atoms with Gasteiger partial charge in [0.2, 0.25) is 0 Å². The van der Waals surface area contributed by atoms with Gasteiger partial charge in [0.15, 0.2) is 0 Å². The number of aryl methyl sites for hydroxylation is 2. The second-order valence-corrected chi connectivity index (χ2v) is 14.9. The SMILES string of the molecule is Cc1cccnc1[C@H]1CCC[C@@H](c2ncccc2C)N1CCCNC1CN(C(=O)c2cc3c(-c4cccc(NC(=O)c5ccc(F)cc5)c4C)ncnc3[nH]2)C1. The first-order valence-electron chi connectivity index (χ1n) is 19.4. The standard InChI is InChI=1S/C44H46FN9O2/c1-27-9-6-19-47-39(27)37-13-5-14-38(40-28(2)10-7-20-48-40)54(37)22-8-21-46-32-24-53(25-32)44(56)36-23-34-41(49-26-50-42(34)51-36)33-11-4-12-35(29(33)3)52-43(55)30-15-17-31(45)18-16-30/h4,6-7,9-12,15-20,23,26,32,37-38,46H,5,8,13-14,21-22,24-25H2,1-3H3,(H,52,55)(H,49,50,51)/t37-,38+. The number of nitrogens with zero attached hydrogens (tertiary/aromatic N) is 6. The van der Waals surface area contributed by atoms with Crippen LogP contribution in [0.25, 0.3) is 22.3 Å². The molecule has 2 amide bonds. The van der Waals surface area contributed by atoms with Crippen LogP contribution in [0.2, 0.25) is 0 Å². The molecule has 2 aliphatic heterocycles. The molecular formula is C44H46FN9O2. The first kappa shape index (κ1) is 37.1. The van der Waals surface area contributed by atoms with Crippen molar-refractivity contribution < 1.29 is 14.0 Å². The summed E-state index contributed by atoms with van der Waals surface area (Å²) in [6.45, 7) is 9.23. The van der Waals surface area contributed by atoms with Gasteiger partial charge in [0.1, 0.15) is 23.5 Å². The maximum absolute atomic E-state index is 13.7. The van der Waals surface area contributed by atoms with E-state index >= 15 is 0 Å². The Morgan fingerprint density at radius 3 is 2.23 bits per heavy atom. The molecule has 0 spiro atoms. The highest BCUT2D eigenvalue weighted by Crippen LogP contribution is 2.42. The van der Waals surface area contributed by atoms with Crippen molar-refractivity contribution in [2.24, 2.45) is 0 Å². The molecular weight excluding hydrogens is 706 g/mol. The van der Waals surface area contributed by atoms with Crippen molar-refractivity contribution in [3.05, 3.63) is 137 Å². The molecule has 4 aromatic heterocycles. The Kier molecular flexibility index (Phi) is 10.7. The quantitative estimate of drug-likeness (QED) is 0.116. The summed E-state index contributed by atoms with van der Waals surface area (Å²) in [5.41, 5.74) is 9.01. The van der Waals surface area contributed by atoms with Gasteiger partial charge in [-0.05, 0) is 118 Å². The number of carbonyl (C=O) groups is 2. The van der Waals surface area contributed by atoms with Crippen LogP contribution >= 0.6 is 0 Å². The summed E-state index contributed by atoms with van der Waals surface area (Å²) in [7, 11) is 0. The minimum Gasteiger partial charge on any atom is -0.335 e. The number of aromatic nitrogens is 5. The minimum atomic E-state index is -0.405. The molecule has 3 N–H and O–H groups in total. The number of hydrogen-bond donors (Lipinski definition) is 3. The first-order valence-corrected chi connectivity index (χ1v) is 19.4. The molecule has 2 fully saturated rings. The van der Waals surface area contributed by atoms with Crippen LogP contribution in [-0.2, 0) is 0 Å². The Labute approximate surface area is 325 Å². The summed E-state index contributed by atoms with van der Waals surface area (Å²) in [6, 6.07) is 21.9. The Bertz CT molecular complexity index is 2320. The number of nitrogens with one attached hydrogen (secondary N) is 3. The van der Waals surface area contributed by atoms with E-state index in [-0.39, 0.29) is 29.9 Å². The molecule has 2 aromatic carbocycles. The van der Waals surface area contributed by atoms with Gasteiger partial charge in [-0.15, -0.1) is 0 Å². The van der Waals surface area contributed by atoms with E-state index in [0.717, 1.165) is 61.3 Å². The fourth-order valence-electron chi connectivity index (χ4n) is 8.25. The van der Waals surface area contributed by atoms with E-state index in [9.17, 15) is 14.0 Å². The fourth-order valence-corrected chi connectivity index (χ4v) is 8.25. The lowest BCUT2D eigenvalue weighted by atomic mass is 9.88. The third kappa shape index (κ3) is 7.54. The molecule has 6 heterocycles. The second-order valence-electron chi connectivity index (χ2n) is 14.9. The Balaban J connectivity index is 0.896. The smallest absolute Gasteiger partial charge is 0.270 e. The molecule has 11 nitrogen and oxygen atoms in total. The van der Waals surface area contributed by atoms with Crippen LogP contribution in [0.3, 0.4) is 0 Å². The van der Waals surface area contributed by atoms with Crippen molar-refractivity contribution >= 4 is 28.5 Å². The van der Waals surface area contributed by atoms with E-state index < -0.39 is 5.82 Å². The predicted molar refractivity (Wildman–Crippen MR) is 215 cm³/mol. The van der Waals surface area contributed by atoms with Gasteiger partial charge < -0.3 is 20.5 Å². The van der Waals surface area contributed by atoms with E-state index in [4.69, 9.17) is 9.97 Å². The molecule has 8 rings (SSSR count). The number of aromatic amines is 1. The highest BCUT2D eigenvalue weighted by molar-refractivity contribution is 6.06. The maximum Gasteiger partial charge on any atom is 0.270 e. The predicted octanol–water partition coefficient (Wildman–Crippen LogP) is 7.50. The van der Waals surface area contributed by atoms with Crippen LogP contribution in [-0.4, -0.2) is 78.8 Å². The number of H-pyrrole nitrogens is 1. The lowest BCUT2D eigenvalue weighted by Gasteiger charge is -2.43. The summed E-state index contributed by atoms with van der Waals surface area (Å²) in [5, 5.41) is 7.34. The molecule has 0 radical (unpaired) electrons. The summed E-state index contributed by atoms with van der Waals surface area (Å²) in [4.78, 5) is 52.9. The van der Waals surface area contributed by atoms with Gasteiger partial charge in [0.25, 0.3) is 11.8 Å². The zero-order valence-corrected chi connectivity index (χ0v) is 31.9. The molecule has 0 aliphatic carbocycles. The van der Waals surface area contributed by atoms with Gasteiger partial charge >= 0.3 is 0 Å². The van der Waals surface area contributed by atoms with E-state index in [0.29, 0.717) is 46.8 Å². The number of fused-ring (bicyclic) bond motifs is 1. The summed E-state index contributed by atoms with van der Waals surface area (Å²) < 4.78 is 13.4. The van der Waals surface area contributed by atoms with E-state index in [1.165, 1.54) is 41.7 Å². The molecule has 56 heavy (non-hydrogen) atoms. The molecule has 2 atom stereocenters. The van der Waals surface area contributed by atoms with E-state index in [1.54, 1.807) is 0 Å². The van der Waals surface area contributed by atoms with Crippen LogP contribution in [0.4, 0.5) is 10.1 Å². The van der Waals surface area contributed by atoms with Crippen molar-refractivity contribution in [2.45, 2.75) is 64.6 Å². The number of hydrogen-bond acceptors (Lipinski definition) is 8. The third-order valence-electron chi connectivity index (χ3n) is 11.3. The first-order chi connectivity index (χ1) is 27.2. The maximum atomic E-state index is 13.7. The van der Waals surface area contributed by atoms with Gasteiger partial charge in [0, 0.05) is 60.3 Å². The molecule has 2 saturated heterocycles. The number of pyridine rings is 2. The van der Waals surface area contributed by atoms with Gasteiger partial charge in [-0.3, -0.25) is 24.5 Å². The largest absolute Gasteiger partial charge is 0.335 e. The molecule has 0 unspecified atom stereocenters. The highest BCUT2D eigenvalue weighted by Gasteiger charge is 2.36. The van der Waals surface area contributed by atoms with Crippen LogP contribution in [0, 0.1) is 26.6 Å². The number of anilines is 1. The van der Waals surface area contributed by atoms with Crippen molar-refractivity contribution in [1.29, 1.82) is 0 Å². The fraction of sp³-hybridized carbons (Fsp3) is 0.318. The molecule has 12 heteroatoms. The van der Waals surface area contributed by atoms with Gasteiger partial charge in [-0.1, -0.05) is 24.3 Å². The number of piperidine rings is 1. The van der Waals surface area contributed by atoms with Crippen molar-refractivity contribution in [2.75, 3.05) is 31.5 Å². The summed E-state index contributed by atoms with van der Waals surface area (Å²) in [6.07, 6.45) is 9.55. The average molecular weight is 752 g/mol. The Morgan fingerprint density at radius 1 is 0.857 bits per heavy atom. The van der Waals surface area contributed by atoms with Crippen molar-refractivity contribution in [3.63, 3.8) is 0 Å².